The Balaban J connectivity index is 2.39. The molecular weight excluding hydrogens is 260 g/mol. The summed E-state index contributed by atoms with van der Waals surface area (Å²) in [5.74, 6) is 0.180. The van der Waals surface area contributed by atoms with Crippen LogP contribution < -0.4 is 0 Å². The molecule has 0 aliphatic carbocycles. The Labute approximate surface area is 120 Å². The Bertz CT molecular complexity index is 362. The van der Waals surface area contributed by atoms with E-state index in [0.29, 0.717) is 5.76 Å². The summed E-state index contributed by atoms with van der Waals surface area (Å²) >= 11 is 1.28. The molecule has 1 rings (SSSR count). The summed E-state index contributed by atoms with van der Waals surface area (Å²) in [5, 5.41) is -0.00951. The molecule has 1 aliphatic heterocycles. The fourth-order valence-corrected chi connectivity index (χ4v) is 3.33. The number of rotatable bonds is 8. The first kappa shape index (κ1) is 16.3. The average Bonchev–Trinajstić information content (AvgIpc) is 2.58. The number of unbranched alkanes of at least 4 members (excludes halogenated alkanes) is 5. The molecule has 0 unspecified atom stereocenters. The van der Waals surface area contributed by atoms with E-state index in [1.165, 1.54) is 56.9 Å². The van der Waals surface area contributed by atoms with Crippen LogP contribution in [0.2, 0.25) is 0 Å². The van der Waals surface area contributed by atoms with E-state index in [4.69, 9.17) is 4.74 Å². The van der Waals surface area contributed by atoms with Gasteiger partial charge in [-0.25, -0.2) is 0 Å². The predicted molar refractivity (Wildman–Crippen MR) is 78.8 cm³/mol. The molecule has 0 aromatic rings. The third-order valence-electron chi connectivity index (χ3n) is 3.36. The van der Waals surface area contributed by atoms with Gasteiger partial charge in [-0.05, 0) is 13.3 Å². The third-order valence-corrected chi connectivity index (χ3v) is 4.53. The van der Waals surface area contributed by atoms with Crippen LogP contribution in [0.4, 0.5) is 0 Å². The van der Waals surface area contributed by atoms with Crippen molar-refractivity contribution in [3.63, 3.8) is 0 Å². The van der Waals surface area contributed by atoms with Crippen molar-refractivity contribution in [2.24, 2.45) is 0 Å². The first-order chi connectivity index (χ1) is 8.98. The summed E-state index contributed by atoms with van der Waals surface area (Å²) in [6, 6.07) is 0. The van der Waals surface area contributed by atoms with Gasteiger partial charge in [-0.2, -0.15) is 0 Å². The SMILES string of the molecule is CCCCCCCC[C@@]1(C)SC(=O)C=C1OC(C)=O. The predicted octanol–water partition coefficient (Wildman–Crippen LogP) is 4.22. The van der Waals surface area contributed by atoms with Gasteiger partial charge in [0.05, 0.1) is 4.75 Å². The highest BCUT2D eigenvalue weighted by atomic mass is 32.2. The highest BCUT2D eigenvalue weighted by Crippen LogP contribution is 2.44. The second-order valence-electron chi connectivity index (χ2n) is 5.27. The third kappa shape index (κ3) is 5.39. The van der Waals surface area contributed by atoms with Crippen LogP contribution in [-0.2, 0) is 14.3 Å². The van der Waals surface area contributed by atoms with Crippen molar-refractivity contribution in [2.45, 2.75) is 70.5 Å². The summed E-state index contributed by atoms with van der Waals surface area (Å²) < 4.78 is 4.82. The molecule has 0 aromatic carbocycles. The van der Waals surface area contributed by atoms with Crippen LogP contribution in [0.25, 0.3) is 0 Å². The van der Waals surface area contributed by atoms with E-state index in [9.17, 15) is 9.59 Å². The number of thioether (sulfide) groups is 1. The van der Waals surface area contributed by atoms with Crippen LogP contribution in [0.1, 0.15) is 65.7 Å². The second-order valence-corrected chi connectivity index (χ2v) is 6.78. The lowest BCUT2D eigenvalue weighted by atomic mass is 9.99. The molecule has 0 spiro atoms. The molecule has 0 radical (unpaired) electrons. The fraction of sp³-hybridized carbons (Fsp3) is 0.733. The van der Waals surface area contributed by atoms with Crippen molar-refractivity contribution < 1.29 is 14.3 Å². The van der Waals surface area contributed by atoms with Gasteiger partial charge in [-0.3, -0.25) is 9.59 Å². The summed E-state index contributed by atoms with van der Waals surface area (Å²) in [6.07, 6.45) is 9.67. The molecule has 0 bridgehead atoms. The monoisotopic (exact) mass is 284 g/mol. The molecule has 19 heavy (non-hydrogen) atoms. The molecular formula is C15H24O3S. The second kappa shape index (κ2) is 7.73. The Morgan fingerprint density at radius 1 is 1.26 bits per heavy atom. The zero-order valence-electron chi connectivity index (χ0n) is 12.2. The van der Waals surface area contributed by atoms with Gasteiger partial charge >= 0.3 is 5.97 Å². The van der Waals surface area contributed by atoms with Crippen molar-refractivity contribution in [1.29, 1.82) is 0 Å². The molecule has 3 nitrogen and oxygen atoms in total. The average molecular weight is 284 g/mol. The minimum Gasteiger partial charge on any atom is -0.430 e. The van der Waals surface area contributed by atoms with Gasteiger partial charge in [0, 0.05) is 13.0 Å². The van der Waals surface area contributed by atoms with Crippen LogP contribution >= 0.6 is 11.8 Å². The molecule has 1 atom stereocenters. The van der Waals surface area contributed by atoms with E-state index in [1.54, 1.807) is 0 Å². The minimum absolute atomic E-state index is 0.00951. The lowest BCUT2D eigenvalue weighted by Crippen LogP contribution is -2.23. The molecule has 0 saturated heterocycles. The Kier molecular flexibility index (Phi) is 6.63. The topological polar surface area (TPSA) is 43.4 Å². The lowest BCUT2D eigenvalue weighted by molar-refractivity contribution is -0.137. The first-order valence-electron chi connectivity index (χ1n) is 7.11. The van der Waals surface area contributed by atoms with Crippen LogP contribution in [-0.4, -0.2) is 15.8 Å². The summed E-state index contributed by atoms with van der Waals surface area (Å²) in [4.78, 5) is 22.6. The zero-order valence-corrected chi connectivity index (χ0v) is 13.0. The number of carbonyl (C=O) groups is 2. The number of esters is 1. The first-order valence-corrected chi connectivity index (χ1v) is 7.93. The van der Waals surface area contributed by atoms with Gasteiger partial charge in [0.2, 0.25) is 5.12 Å². The van der Waals surface area contributed by atoms with Crippen LogP contribution in [0.3, 0.4) is 0 Å². The zero-order chi connectivity index (χ0) is 14.3. The van der Waals surface area contributed by atoms with Crippen LogP contribution in [0.5, 0.6) is 0 Å². The molecule has 0 aromatic heterocycles. The van der Waals surface area contributed by atoms with Crippen LogP contribution in [0, 0.1) is 0 Å². The molecule has 4 heteroatoms. The molecule has 1 aliphatic rings. The van der Waals surface area contributed by atoms with Gasteiger partial charge < -0.3 is 4.74 Å². The molecule has 0 amide bonds. The number of hydrogen-bond donors (Lipinski definition) is 0. The van der Waals surface area contributed by atoms with E-state index >= 15 is 0 Å². The van der Waals surface area contributed by atoms with Crippen molar-refractivity contribution in [1.82, 2.24) is 0 Å². The number of carbonyl (C=O) groups excluding carboxylic acids is 2. The van der Waals surface area contributed by atoms with Crippen molar-refractivity contribution in [2.75, 3.05) is 0 Å². The normalized spacial score (nSPS) is 22.5. The molecule has 0 N–H and O–H groups in total. The maximum absolute atomic E-state index is 11.5. The van der Waals surface area contributed by atoms with E-state index in [-0.39, 0.29) is 15.8 Å². The fourth-order valence-electron chi connectivity index (χ4n) is 2.27. The maximum atomic E-state index is 11.5. The highest BCUT2D eigenvalue weighted by Gasteiger charge is 2.39. The van der Waals surface area contributed by atoms with Crippen LogP contribution in [0.15, 0.2) is 11.8 Å². The maximum Gasteiger partial charge on any atom is 0.307 e. The Hall–Kier alpha value is -0.770. The van der Waals surface area contributed by atoms with Crippen molar-refractivity contribution >= 4 is 22.8 Å². The van der Waals surface area contributed by atoms with E-state index < -0.39 is 0 Å². The summed E-state index contributed by atoms with van der Waals surface area (Å²) in [6.45, 7) is 5.57. The lowest BCUT2D eigenvalue weighted by Gasteiger charge is -2.24. The highest BCUT2D eigenvalue weighted by molar-refractivity contribution is 8.15. The standard InChI is InChI=1S/C15H24O3S/c1-4-5-6-7-8-9-10-15(3)13(18-12(2)16)11-14(17)19-15/h11H,4-10H2,1-3H3/t15-/m1/s1. The minimum atomic E-state index is -0.354. The van der Waals surface area contributed by atoms with E-state index in [2.05, 4.69) is 6.92 Å². The van der Waals surface area contributed by atoms with E-state index in [0.717, 1.165) is 12.8 Å². The van der Waals surface area contributed by atoms with Gasteiger partial charge in [-0.15, -0.1) is 0 Å². The number of hydrogen-bond acceptors (Lipinski definition) is 4. The summed E-state index contributed by atoms with van der Waals surface area (Å²) in [7, 11) is 0. The van der Waals surface area contributed by atoms with Gasteiger partial charge in [-0.1, -0.05) is 57.2 Å². The van der Waals surface area contributed by atoms with Gasteiger partial charge in [0.1, 0.15) is 5.76 Å². The van der Waals surface area contributed by atoms with Gasteiger partial charge in [0.15, 0.2) is 0 Å². The Morgan fingerprint density at radius 2 is 1.89 bits per heavy atom. The summed E-state index contributed by atoms with van der Waals surface area (Å²) in [5.41, 5.74) is 0. The quantitative estimate of drug-likeness (QED) is 0.494. The largest absolute Gasteiger partial charge is 0.430 e. The van der Waals surface area contributed by atoms with Gasteiger partial charge in [0.25, 0.3) is 0 Å². The molecule has 108 valence electrons. The molecule has 0 fully saturated rings. The molecule has 0 saturated carbocycles. The Morgan fingerprint density at radius 3 is 2.53 bits per heavy atom. The molecule has 1 heterocycles. The van der Waals surface area contributed by atoms with E-state index in [1.807, 2.05) is 6.92 Å². The van der Waals surface area contributed by atoms with Crippen molar-refractivity contribution in [3.8, 4) is 0 Å². The smallest absolute Gasteiger partial charge is 0.307 e. The van der Waals surface area contributed by atoms with Crippen molar-refractivity contribution in [3.05, 3.63) is 11.8 Å². The number of ether oxygens (including phenoxy) is 1.